The van der Waals surface area contributed by atoms with E-state index in [0.717, 1.165) is 17.4 Å². The standard InChI is InChI=1S/C13H22F3N3O2S/c14-12(1-3-13(15,16)4-2-12)9-19(22(17,20)21)10-5-11(6-10)7-18-8-11/h10,18H,1-9H2,(H2,17,20,21). The second-order valence-electron chi connectivity index (χ2n) is 7.26. The van der Waals surface area contributed by atoms with Crippen molar-refractivity contribution in [1.29, 1.82) is 0 Å². The van der Waals surface area contributed by atoms with Gasteiger partial charge in [-0.1, -0.05) is 0 Å². The number of alkyl halides is 3. The second kappa shape index (κ2) is 5.06. The predicted molar refractivity (Wildman–Crippen MR) is 75.4 cm³/mol. The number of hydrogen-bond acceptors (Lipinski definition) is 3. The molecule has 0 aromatic carbocycles. The Bertz CT molecular complexity index is 533. The van der Waals surface area contributed by atoms with Crippen LogP contribution in [0, 0.1) is 5.41 Å². The highest BCUT2D eigenvalue weighted by molar-refractivity contribution is 7.86. The van der Waals surface area contributed by atoms with Crippen molar-refractivity contribution in [1.82, 2.24) is 9.62 Å². The summed E-state index contributed by atoms with van der Waals surface area (Å²) in [6, 6.07) is -0.313. The SMILES string of the molecule is NS(=O)(=O)N(CC1(F)CCC(F)(F)CC1)C1CC2(CNC2)C1. The van der Waals surface area contributed by atoms with Gasteiger partial charge in [0.2, 0.25) is 5.92 Å². The number of nitrogens with two attached hydrogens (primary N) is 1. The molecule has 1 saturated heterocycles. The minimum absolute atomic E-state index is 0.122. The van der Waals surface area contributed by atoms with Crippen LogP contribution in [0.2, 0.25) is 0 Å². The van der Waals surface area contributed by atoms with Gasteiger partial charge in [0.05, 0.1) is 0 Å². The molecular formula is C13H22F3N3O2S. The molecule has 3 N–H and O–H groups in total. The number of nitrogens with zero attached hydrogens (tertiary/aromatic N) is 1. The van der Waals surface area contributed by atoms with Crippen LogP contribution >= 0.6 is 0 Å². The molecule has 5 nitrogen and oxygen atoms in total. The van der Waals surface area contributed by atoms with Crippen LogP contribution in [0.15, 0.2) is 0 Å². The first-order chi connectivity index (χ1) is 10.0. The third kappa shape index (κ3) is 3.13. The molecule has 22 heavy (non-hydrogen) atoms. The maximum absolute atomic E-state index is 14.8. The Morgan fingerprint density at radius 2 is 1.64 bits per heavy atom. The van der Waals surface area contributed by atoms with E-state index in [2.05, 4.69) is 5.32 Å². The van der Waals surface area contributed by atoms with Crippen LogP contribution in [0.4, 0.5) is 13.2 Å². The Hall–Kier alpha value is -0.380. The van der Waals surface area contributed by atoms with Gasteiger partial charge in [0, 0.05) is 38.5 Å². The molecule has 128 valence electrons. The smallest absolute Gasteiger partial charge is 0.277 e. The van der Waals surface area contributed by atoms with Gasteiger partial charge in [0.25, 0.3) is 10.2 Å². The molecule has 3 fully saturated rings. The molecule has 2 saturated carbocycles. The third-order valence-electron chi connectivity index (χ3n) is 5.39. The molecule has 0 unspecified atom stereocenters. The van der Waals surface area contributed by atoms with Gasteiger partial charge in [-0.15, -0.1) is 0 Å². The summed E-state index contributed by atoms with van der Waals surface area (Å²) in [7, 11) is -4.04. The van der Waals surface area contributed by atoms with E-state index in [9.17, 15) is 21.6 Å². The highest BCUT2D eigenvalue weighted by Gasteiger charge is 2.54. The van der Waals surface area contributed by atoms with E-state index >= 15 is 0 Å². The van der Waals surface area contributed by atoms with E-state index in [4.69, 9.17) is 5.14 Å². The van der Waals surface area contributed by atoms with Crippen LogP contribution in [0.1, 0.15) is 38.5 Å². The van der Waals surface area contributed by atoms with E-state index in [1.54, 1.807) is 0 Å². The molecule has 9 heteroatoms. The minimum atomic E-state index is -4.04. The maximum atomic E-state index is 14.8. The lowest BCUT2D eigenvalue weighted by molar-refractivity contribution is -0.0863. The number of halogens is 3. The topological polar surface area (TPSA) is 75.4 Å². The first-order valence-corrected chi connectivity index (χ1v) is 9.10. The van der Waals surface area contributed by atoms with Gasteiger partial charge in [-0.3, -0.25) is 0 Å². The van der Waals surface area contributed by atoms with E-state index in [1.807, 2.05) is 0 Å². The van der Waals surface area contributed by atoms with Crippen molar-refractivity contribution in [2.45, 2.75) is 56.2 Å². The highest BCUT2D eigenvalue weighted by atomic mass is 32.2. The van der Waals surface area contributed by atoms with E-state index in [-0.39, 0.29) is 24.3 Å². The van der Waals surface area contributed by atoms with Crippen molar-refractivity contribution < 1.29 is 21.6 Å². The molecule has 0 radical (unpaired) electrons. The second-order valence-corrected chi connectivity index (χ2v) is 8.76. The molecule has 3 rings (SSSR count). The Labute approximate surface area is 128 Å². The van der Waals surface area contributed by atoms with Crippen LogP contribution in [-0.4, -0.2) is 50.0 Å². The zero-order valence-electron chi connectivity index (χ0n) is 12.3. The summed E-state index contributed by atoms with van der Waals surface area (Å²) in [5.41, 5.74) is -1.79. The number of nitrogens with one attached hydrogen (secondary N) is 1. The fraction of sp³-hybridized carbons (Fsp3) is 1.00. The van der Waals surface area contributed by atoms with Crippen molar-refractivity contribution in [3.05, 3.63) is 0 Å². The summed E-state index contributed by atoms with van der Waals surface area (Å²) in [4.78, 5) is 0. The number of hydrogen-bond donors (Lipinski definition) is 2. The third-order valence-corrected chi connectivity index (χ3v) is 6.47. The zero-order valence-corrected chi connectivity index (χ0v) is 13.1. The molecule has 0 bridgehead atoms. The summed E-state index contributed by atoms with van der Waals surface area (Å²) in [5.74, 6) is -2.85. The quantitative estimate of drug-likeness (QED) is 0.806. The first-order valence-electron chi connectivity index (χ1n) is 7.60. The van der Waals surface area contributed by atoms with Crippen molar-refractivity contribution in [2.75, 3.05) is 19.6 Å². The maximum Gasteiger partial charge on any atom is 0.277 e. The van der Waals surface area contributed by atoms with Gasteiger partial charge in [0.15, 0.2) is 0 Å². The van der Waals surface area contributed by atoms with Gasteiger partial charge >= 0.3 is 0 Å². The average Bonchev–Trinajstić information content (AvgIpc) is 2.28. The molecule has 0 atom stereocenters. The van der Waals surface area contributed by atoms with E-state index in [0.29, 0.717) is 12.8 Å². The summed E-state index contributed by atoms with van der Waals surface area (Å²) in [5, 5.41) is 8.38. The van der Waals surface area contributed by atoms with Crippen molar-refractivity contribution in [3.8, 4) is 0 Å². The molecule has 1 heterocycles. The van der Waals surface area contributed by atoms with Gasteiger partial charge in [-0.25, -0.2) is 18.3 Å². The summed E-state index contributed by atoms with van der Waals surface area (Å²) >= 11 is 0. The molecular weight excluding hydrogens is 319 g/mol. The van der Waals surface area contributed by atoms with Crippen LogP contribution in [-0.2, 0) is 10.2 Å². The lowest BCUT2D eigenvalue weighted by atomic mass is 9.61. The van der Waals surface area contributed by atoms with Crippen LogP contribution in [0.5, 0.6) is 0 Å². The molecule has 0 aromatic rings. The van der Waals surface area contributed by atoms with Crippen LogP contribution < -0.4 is 10.5 Å². The molecule has 1 aliphatic heterocycles. The summed E-state index contributed by atoms with van der Waals surface area (Å²) in [6.45, 7) is 1.28. The lowest BCUT2D eigenvalue weighted by Crippen LogP contribution is -2.67. The molecule has 3 aliphatic rings. The molecule has 2 aliphatic carbocycles. The summed E-state index contributed by atoms with van der Waals surface area (Å²) < 4.78 is 65.8. The fourth-order valence-electron chi connectivity index (χ4n) is 3.84. The Kier molecular flexibility index (Phi) is 3.79. The molecule has 0 amide bonds. The fourth-order valence-corrected chi connectivity index (χ4v) is 4.81. The van der Waals surface area contributed by atoms with Crippen molar-refractivity contribution in [3.63, 3.8) is 0 Å². The first kappa shape index (κ1) is 16.5. The Morgan fingerprint density at radius 1 is 1.09 bits per heavy atom. The van der Waals surface area contributed by atoms with Gasteiger partial charge in [0.1, 0.15) is 5.67 Å². The minimum Gasteiger partial charge on any atom is -0.316 e. The van der Waals surface area contributed by atoms with E-state index < -0.39 is 41.2 Å². The molecule has 1 spiro atoms. The summed E-state index contributed by atoms with van der Waals surface area (Å²) in [6.07, 6.45) is -0.427. The normalized spacial score (nSPS) is 32.5. The van der Waals surface area contributed by atoms with Gasteiger partial charge in [-0.05, 0) is 31.1 Å². The zero-order chi connectivity index (χ0) is 16.2. The van der Waals surface area contributed by atoms with Crippen molar-refractivity contribution >= 4 is 10.2 Å². The number of rotatable bonds is 4. The van der Waals surface area contributed by atoms with Crippen LogP contribution in [0.25, 0.3) is 0 Å². The highest BCUT2D eigenvalue weighted by Crippen LogP contribution is 2.48. The Balaban J connectivity index is 1.66. The van der Waals surface area contributed by atoms with E-state index in [1.165, 1.54) is 0 Å². The van der Waals surface area contributed by atoms with Gasteiger partial charge in [-0.2, -0.15) is 12.7 Å². The average molecular weight is 341 g/mol. The monoisotopic (exact) mass is 341 g/mol. The largest absolute Gasteiger partial charge is 0.316 e. The predicted octanol–water partition coefficient (Wildman–Crippen LogP) is 1.16. The Morgan fingerprint density at radius 3 is 2.05 bits per heavy atom. The van der Waals surface area contributed by atoms with Crippen molar-refractivity contribution in [2.24, 2.45) is 10.6 Å². The van der Waals surface area contributed by atoms with Gasteiger partial charge < -0.3 is 5.32 Å². The molecule has 0 aromatic heterocycles. The van der Waals surface area contributed by atoms with Crippen LogP contribution in [0.3, 0.4) is 0 Å². The lowest BCUT2D eigenvalue weighted by Gasteiger charge is -2.57.